The summed E-state index contributed by atoms with van der Waals surface area (Å²) in [7, 11) is 0. The average molecular weight is 291 g/mol. The zero-order chi connectivity index (χ0) is 15.2. The number of rotatable bonds is 6. The number of benzene rings is 1. The molecule has 0 aliphatic carbocycles. The standard InChI is InChI=1S/C15H18FN3O2/c1-10(2)21-13-6-11(5-12(16)7-13)14-8-15(17-3-4-20)19-9-18-14/h5-10,20H,3-4H2,1-2H3,(H,17,18,19). The molecule has 0 spiro atoms. The normalized spacial score (nSPS) is 10.7. The molecule has 1 aromatic heterocycles. The summed E-state index contributed by atoms with van der Waals surface area (Å²) in [5, 5.41) is 11.7. The Labute approximate surface area is 122 Å². The lowest BCUT2D eigenvalue weighted by atomic mass is 10.1. The van der Waals surface area contributed by atoms with E-state index in [2.05, 4.69) is 15.3 Å². The Morgan fingerprint density at radius 2 is 2.05 bits per heavy atom. The third-order valence-corrected chi connectivity index (χ3v) is 2.62. The van der Waals surface area contributed by atoms with Gasteiger partial charge in [0.2, 0.25) is 0 Å². The Balaban J connectivity index is 2.30. The molecule has 112 valence electrons. The number of nitrogens with zero attached hydrogens (tertiary/aromatic N) is 2. The molecule has 5 nitrogen and oxygen atoms in total. The molecule has 1 heterocycles. The largest absolute Gasteiger partial charge is 0.491 e. The topological polar surface area (TPSA) is 67.3 Å². The van der Waals surface area contributed by atoms with Crippen molar-refractivity contribution in [1.29, 1.82) is 0 Å². The maximum absolute atomic E-state index is 13.7. The van der Waals surface area contributed by atoms with Crippen LogP contribution in [0.25, 0.3) is 11.3 Å². The fourth-order valence-electron chi connectivity index (χ4n) is 1.85. The molecule has 0 fully saturated rings. The van der Waals surface area contributed by atoms with E-state index in [9.17, 15) is 4.39 Å². The number of anilines is 1. The Bertz CT molecular complexity index is 605. The summed E-state index contributed by atoms with van der Waals surface area (Å²) < 4.78 is 19.2. The second-order valence-electron chi connectivity index (χ2n) is 4.78. The zero-order valence-electron chi connectivity index (χ0n) is 12.0. The van der Waals surface area contributed by atoms with Crippen LogP contribution in [-0.4, -0.2) is 34.3 Å². The summed E-state index contributed by atoms with van der Waals surface area (Å²) in [6.07, 6.45) is 1.36. The molecule has 2 aromatic rings. The number of ether oxygens (including phenoxy) is 1. The predicted octanol–water partition coefficient (Wildman–Crippen LogP) is 2.47. The lowest BCUT2D eigenvalue weighted by molar-refractivity contribution is 0.241. The average Bonchev–Trinajstić information content (AvgIpc) is 2.44. The van der Waals surface area contributed by atoms with E-state index < -0.39 is 0 Å². The van der Waals surface area contributed by atoms with E-state index >= 15 is 0 Å². The molecule has 0 amide bonds. The van der Waals surface area contributed by atoms with Crippen molar-refractivity contribution >= 4 is 5.82 Å². The van der Waals surface area contributed by atoms with Crippen molar-refractivity contribution in [1.82, 2.24) is 9.97 Å². The lowest BCUT2D eigenvalue weighted by Gasteiger charge is -2.11. The van der Waals surface area contributed by atoms with Crippen LogP contribution >= 0.6 is 0 Å². The van der Waals surface area contributed by atoms with Crippen molar-refractivity contribution < 1.29 is 14.2 Å². The maximum Gasteiger partial charge on any atom is 0.130 e. The van der Waals surface area contributed by atoms with E-state index in [-0.39, 0.29) is 18.5 Å². The second-order valence-corrected chi connectivity index (χ2v) is 4.78. The van der Waals surface area contributed by atoms with E-state index in [1.54, 1.807) is 12.1 Å². The smallest absolute Gasteiger partial charge is 0.130 e. The molecule has 0 radical (unpaired) electrons. The molecule has 0 saturated carbocycles. The Morgan fingerprint density at radius 3 is 2.76 bits per heavy atom. The van der Waals surface area contributed by atoms with Gasteiger partial charge in [-0.25, -0.2) is 14.4 Å². The number of hydrogen-bond acceptors (Lipinski definition) is 5. The molecule has 2 rings (SSSR count). The molecule has 21 heavy (non-hydrogen) atoms. The van der Waals surface area contributed by atoms with E-state index in [1.165, 1.54) is 18.5 Å². The van der Waals surface area contributed by atoms with Crippen molar-refractivity contribution in [3.05, 3.63) is 36.4 Å². The SMILES string of the molecule is CC(C)Oc1cc(F)cc(-c2cc(NCCO)ncn2)c1. The molecule has 0 bridgehead atoms. The number of hydrogen-bond donors (Lipinski definition) is 2. The van der Waals surface area contributed by atoms with E-state index in [0.29, 0.717) is 29.4 Å². The van der Waals surface area contributed by atoms with Crippen LogP contribution in [0.15, 0.2) is 30.6 Å². The first-order valence-corrected chi connectivity index (χ1v) is 6.73. The lowest BCUT2D eigenvalue weighted by Crippen LogP contribution is -2.07. The van der Waals surface area contributed by atoms with Gasteiger partial charge in [0.1, 0.15) is 23.7 Å². The summed E-state index contributed by atoms with van der Waals surface area (Å²) in [5.74, 6) is 0.653. The van der Waals surface area contributed by atoms with Gasteiger partial charge in [-0.1, -0.05) is 0 Å². The van der Waals surface area contributed by atoms with Crippen LogP contribution in [0.2, 0.25) is 0 Å². The molecule has 6 heteroatoms. The molecule has 1 aromatic carbocycles. The van der Waals surface area contributed by atoms with Crippen LogP contribution in [0.5, 0.6) is 5.75 Å². The second kappa shape index (κ2) is 6.99. The first-order valence-electron chi connectivity index (χ1n) is 6.73. The number of halogens is 1. The molecule has 0 aliphatic rings. The maximum atomic E-state index is 13.7. The summed E-state index contributed by atoms with van der Waals surface area (Å²) in [6, 6.07) is 6.17. The van der Waals surface area contributed by atoms with Crippen LogP contribution in [0.1, 0.15) is 13.8 Å². The highest BCUT2D eigenvalue weighted by Crippen LogP contribution is 2.25. The number of aromatic nitrogens is 2. The molecular formula is C15H18FN3O2. The van der Waals surface area contributed by atoms with Gasteiger partial charge in [-0.05, 0) is 26.0 Å². The minimum Gasteiger partial charge on any atom is -0.491 e. The van der Waals surface area contributed by atoms with Crippen molar-refractivity contribution in [2.45, 2.75) is 20.0 Å². The molecule has 0 aliphatic heterocycles. The van der Waals surface area contributed by atoms with Gasteiger partial charge >= 0.3 is 0 Å². The molecular weight excluding hydrogens is 273 g/mol. The summed E-state index contributed by atoms with van der Waals surface area (Å²) in [6.45, 7) is 4.16. The van der Waals surface area contributed by atoms with Crippen molar-refractivity contribution in [3.63, 3.8) is 0 Å². The molecule has 0 unspecified atom stereocenters. The van der Waals surface area contributed by atoms with Gasteiger partial charge in [-0.15, -0.1) is 0 Å². The van der Waals surface area contributed by atoms with Gasteiger partial charge in [-0.2, -0.15) is 0 Å². The molecule has 0 atom stereocenters. The van der Waals surface area contributed by atoms with Gasteiger partial charge in [-0.3, -0.25) is 0 Å². The van der Waals surface area contributed by atoms with Crippen LogP contribution < -0.4 is 10.1 Å². The van der Waals surface area contributed by atoms with Crippen molar-refractivity contribution in [2.24, 2.45) is 0 Å². The summed E-state index contributed by atoms with van der Waals surface area (Å²) in [5.41, 5.74) is 1.19. The van der Waals surface area contributed by atoms with Crippen molar-refractivity contribution in [3.8, 4) is 17.0 Å². The Kier molecular flexibility index (Phi) is 5.05. The fraction of sp³-hybridized carbons (Fsp3) is 0.333. The number of aliphatic hydroxyl groups excluding tert-OH is 1. The van der Waals surface area contributed by atoms with Crippen molar-refractivity contribution in [2.75, 3.05) is 18.5 Å². The highest BCUT2D eigenvalue weighted by Gasteiger charge is 2.08. The first kappa shape index (κ1) is 15.2. The number of aliphatic hydroxyl groups is 1. The first-order chi connectivity index (χ1) is 10.1. The summed E-state index contributed by atoms with van der Waals surface area (Å²) in [4.78, 5) is 8.18. The van der Waals surface area contributed by atoms with E-state index in [0.717, 1.165) is 0 Å². The highest BCUT2D eigenvalue weighted by molar-refractivity contribution is 5.64. The zero-order valence-corrected chi connectivity index (χ0v) is 12.0. The van der Waals surface area contributed by atoms with E-state index in [4.69, 9.17) is 9.84 Å². The fourth-order valence-corrected chi connectivity index (χ4v) is 1.85. The van der Waals surface area contributed by atoms with Crippen LogP contribution in [0.3, 0.4) is 0 Å². The van der Waals surface area contributed by atoms with Gasteiger partial charge in [0, 0.05) is 24.2 Å². The predicted molar refractivity (Wildman–Crippen MR) is 78.8 cm³/mol. The minimum atomic E-state index is -0.383. The highest BCUT2D eigenvalue weighted by atomic mass is 19.1. The Hall–Kier alpha value is -2.21. The van der Waals surface area contributed by atoms with Crippen LogP contribution in [0, 0.1) is 5.82 Å². The summed E-state index contributed by atoms with van der Waals surface area (Å²) >= 11 is 0. The Morgan fingerprint density at radius 1 is 1.24 bits per heavy atom. The van der Waals surface area contributed by atoms with Gasteiger partial charge in [0.15, 0.2) is 0 Å². The monoisotopic (exact) mass is 291 g/mol. The minimum absolute atomic E-state index is 0.00563. The van der Waals surface area contributed by atoms with Crippen LogP contribution in [0.4, 0.5) is 10.2 Å². The van der Waals surface area contributed by atoms with E-state index in [1.807, 2.05) is 13.8 Å². The van der Waals surface area contributed by atoms with Gasteiger partial charge in [0.05, 0.1) is 18.4 Å². The molecule has 0 saturated heterocycles. The van der Waals surface area contributed by atoms with Gasteiger partial charge in [0.25, 0.3) is 0 Å². The molecule has 2 N–H and O–H groups in total. The van der Waals surface area contributed by atoms with Crippen LogP contribution in [-0.2, 0) is 0 Å². The number of nitrogens with one attached hydrogen (secondary N) is 1. The van der Waals surface area contributed by atoms with Gasteiger partial charge < -0.3 is 15.2 Å². The third-order valence-electron chi connectivity index (χ3n) is 2.62. The third kappa shape index (κ3) is 4.39. The quantitative estimate of drug-likeness (QED) is 0.856.